The van der Waals surface area contributed by atoms with Gasteiger partial charge in [-0.1, -0.05) is 53.0 Å². The molecular formula is C15H11Cl3O3. The Hall–Kier alpha value is -1.42. The molecule has 0 saturated heterocycles. The lowest BCUT2D eigenvalue weighted by atomic mass is 10.2. The Morgan fingerprint density at radius 2 is 1.76 bits per heavy atom. The Balaban J connectivity index is 1.84. The molecule has 0 atom stereocenters. The van der Waals surface area contributed by atoms with Crippen molar-refractivity contribution < 1.29 is 14.3 Å². The first-order valence-electron chi connectivity index (χ1n) is 6.03. The fourth-order valence-corrected chi connectivity index (χ4v) is 2.20. The van der Waals surface area contributed by atoms with E-state index in [2.05, 4.69) is 0 Å². The third-order valence-corrected chi connectivity index (χ3v) is 3.49. The van der Waals surface area contributed by atoms with E-state index in [1.807, 2.05) is 6.07 Å². The average molecular weight is 346 g/mol. The van der Waals surface area contributed by atoms with Gasteiger partial charge in [0, 0.05) is 15.6 Å². The van der Waals surface area contributed by atoms with E-state index in [1.165, 1.54) is 6.07 Å². The summed E-state index contributed by atoms with van der Waals surface area (Å²) in [5, 5.41) is 1.38. The summed E-state index contributed by atoms with van der Waals surface area (Å²) in [6, 6.07) is 11.9. The van der Waals surface area contributed by atoms with E-state index in [-0.39, 0.29) is 13.2 Å². The van der Waals surface area contributed by atoms with Crippen molar-refractivity contribution in [1.29, 1.82) is 0 Å². The minimum absolute atomic E-state index is 0.0935. The molecule has 21 heavy (non-hydrogen) atoms. The van der Waals surface area contributed by atoms with Gasteiger partial charge in [-0.05, 0) is 24.3 Å². The number of halogens is 3. The molecule has 0 radical (unpaired) electrons. The topological polar surface area (TPSA) is 35.5 Å². The molecule has 0 aliphatic rings. The van der Waals surface area contributed by atoms with Crippen molar-refractivity contribution in [2.45, 2.75) is 6.61 Å². The average Bonchev–Trinajstić information content (AvgIpc) is 2.45. The molecule has 0 spiro atoms. The quantitative estimate of drug-likeness (QED) is 0.732. The summed E-state index contributed by atoms with van der Waals surface area (Å²) >= 11 is 17.7. The molecule has 110 valence electrons. The van der Waals surface area contributed by atoms with Crippen molar-refractivity contribution in [2.24, 2.45) is 0 Å². The molecule has 0 heterocycles. The maximum atomic E-state index is 11.6. The summed E-state index contributed by atoms with van der Waals surface area (Å²) in [5.74, 6) is -0.142. The van der Waals surface area contributed by atoms with Crippen LogP contribution in [0.15, 0.2) is 42.5 Å². The maximum absolute atomic E-state index is 11.6. The second kappa shape index (κ2) is 7.55. The Kier molecular flexibility index (Phi) is 5.74. The van der Waals surface area contributed by atoms with Gasteiger partial charge in [0.2, 0.25) is 0 Å². The van der Waals surface area contributed by atoms with Gasteiger partial charge in [0.1, 0.15) is 12.4 Å². The summed E-state index contributed by atoms with van der Waals surface area (Å²) < 4.78 is 10.4. The van der Waals surface area contributed by atoms with Gasteiger partial charge in [0.25, 0.3) is 0 Å². The Morgan fingerprint density at radius 3 is 2.48 bits per heavy atom. The first kappa shape index (κ1) is 16.0. The van der Waals surface area contributed by atoms with Gasteiger partial charge in [0.05, 0.1) is 5.02 Å². The second-order valence-corrected chi connectivity index (χ2v) is 5.37. The lowest BCUT2D eigenvalue weighted by Gasteiger charge is -2.09. The fraction of sp³-hybridized carbons (Fsp3) is 0.133. The van der Waals surface area contributed by atoms with Crippen LogP contribution in [0.25, 0.3) is 0 Å². The van der Waals surface area contributed by atoms with E-state index in [0.29, 0.717) is 20.8 Å². The van der Waals surface area contributed by atoms with Crippen molar-refractivity contribution in [3.63, 3.8) is 0 Å². The van der Waals surface area contributed by atoms with Crippen LogP contribution in [0.1, 0.15) is 5.56 Å². The van der Waals surface area contributed by atoms with Crippen molar-refractivity contribution in [3.05, 3.63) is 63.1 Å². The maximum Gasteiger partial charge on any atom is 0.344 e. The minimum atomic E-state index is -0.513. The van der Waals surface area contributed by atoms with Gasteiger partial charge in [0.15, 0.2) is 6.61 Å². The van der Waals surface area contributed by atoms with Gasteiger partial charge in [-0.3, -0.25) is 0 Å². The predicted octanol–water partition coefficient (Wildman–Crippen LogP) is 4.77. The summed E-state index contributed by atoms with van der Waals surface area (Å²) in [7, 11) is 0. The lowest BCUT2D eigenvalue weighted by Crippen LogP contribution is -2.15. The van der Waals surface area contributed by atoms with Crippen LogP contribution in [0.3, 0.4) is 0 Å². The van der Waals surface area contributed by atoms with Crippen LogP contribution in [0.2, 0.25) is 15.1 Å². The molecule has 0 aliphatic carbocycles. The SMILES string of the molecule is O=C(COc1ccc(Cl)cc1Cl)OCc1ccccc1Cl. The van der Waals surface area contributed by atoms with Crippen LogP contribution in [0.4, 0.5) is 0 Å². The molecule has 2 rings (SSSR count). The van der Waals surface area contributed by atoms with Crippen molar-refractivity contribution in [3.8, 4) is 5.75 Å². The van der Waals surface area contributed by atoms with Crippen LogP contribution in [0, 0.1) is 0 Å². The molecule has 2 aromatic carbocycles. The first-order valence-corrected chi connectivity index (χ1v) is 7.16. The number of ether oxygens (including phenoxy) is 2. The van der Waals surface area contributed by atoms with Crippen LogP contribution >= 0.6 is 34.8 Å². The Bertz CT molecular complexity index is 644. The number of rotatable bonds is 5. The standard InChI is InChI=1S/C15H11Cl3O3/c16-11-5-6-14(13(18)7-11)20-9-15(19)21-8-10-3-1-2-4-12(10)17/h1-7H,8-9H2. The normalized spacial score (nSPS) is 10.2. The van der Waals surface area contributed by atoms with E-state index in [1.54, 1.807) is 30.3 Å². The zero-order valence-electron chi connectivity index (χ0n) is 10.8. The van der Waals surface area contributed by atoms with Gasteiger partial charge >= 0.3 is 5.97 Å². The zero-order valence-corrected chi connectivity index (χ0v) is 13.1. The van der Waals surface area contributed by atoms with Gasteiger partial charge < -0.3 is 9.47 Å². The molecule has 0 amide bonds. The molecule has 0 N–H and O–H groups in total. The minimum Gasteiger partial charge on any atom is -0.480 e. The molecule has 0 fully saturated rings. The Morgan fingerprint density at radius 1 is 1.00 bits per heavy atom. The van der Waals surface area contributed by atoms with E-state index < -0.39 is 5.97 Å². The number of esters is 1. The molecular weight excluding hydrogens is 335 g/mol. The summed E-state index contributed by atoms with van der Waals surface area (Å²) in [5.41, 5.74) is 0.733. The summed E-state index contributed by atoms with van der Waals surface area (Å²) in [6.45, 7) is -0.151. The van der Waals surface area contributed by atoms with Gasteiger partial charge in [-0.25, -0.2) is 4.79 Å². The molecule has 0 aliphatic heterocycles. The third-order valence-electron chi connectivity index (χ3n) is 2.59. The molecule has 3 nitrogen and oxygen atoms in total. The summed E-state index contributed by atoms with van der Waals surface area (Å²) in [6.07, 6.45) is 0. The largest absolute Gasteiger partial charge is 0.480 e. The number of benzene rings is 2. The lowest BCUT2D eigenvalue weighted by molar-refractivity contribution is -0.147. The molecule has 0 unspecified atom stereocenters. The highest BCUT2D eigenvalue weighted by atomic mass is 35.5. The number of carbonyl (C=O) groups excluding carboxylic acids is 1. The number of hydrogen-bond acceptors (Lipinski definition) is 3. The zero-order chi connectivity index (χ0) is 15.2. The number of carbonyl (C=O) groups is 1. The smallest absolute Gasteiger partial charge is 0.344 e. The van der Waals surface area contributed by atoms with Crippen molar-refractivity contribution in [1.82, 2.24) is 0 Å². The second-order valence-electron chi connectivity index (χ2n) is 4.12. The highest BCUT2D eigenvalue weighted by molar-refractivity contribution is 6.35. The predicted molar refractivity (Wildman–Crippen MR) is 83.2 cm³/mol. The van der Waals surface area contributed by atoms with E-state index >= 15 is 0 Å². The Labute approximate surface area is 137 Å². The highest BCUT2D eigenvalue weighted by Gasteiger charge is 2.09. The fourth-order valence-electron chi connectivity index (χ4n) is 1.54. The van der Waals surface area contributed by atoms with Gasteiger partial charge in [-0.15, -0.1) is 0 Å². The van der Waals surface area contributed by atoms with E-state index in [9.17, 15) is 4.79 Å². The number of hydrogen-bond donors (Lipinski definition) is 0. The van der Waals surface area contributed by atoms with Crippen LogP contribution in [-0.2, 0) is 16.1 Å². The van der Waals surface area contributed by atoms with E-state index in [4.69, 9.17) is 44.3 Å². The molecule has 0 bridgehead atoms. The van der Waals surface area contributed by atoms with Crippen LogP contribution < -0.4 is 4.74 Å². The molecule has 2 aromatic rings. The van der Waals surface area contributed by atoms with Crippen molar-refractivity contribution in [2.75, 3.05) is 6.61 Å². The third kappa shape index (κ3) is 4.81. The highest BCUT2D eigenvalue weighted by Crippen LogP contribution is 2.27. The van der Waals surface area contributed by atoms with Crippen molar-refractivity contribution >= 4 is 40.8 Å². The first-order chi connectivity index (χ1) is 10.1. The summed E-state index contributed by atoms with van der Waals surface area (Å²) in [4.78, 5) is 11.6. The monoisotopic (exact) mass is 344 g/mol. The van der Waals surface area contributed by atoms with Crippen LogP contribution in [-0.4, -0.2) is 12.6 Å². The molecule has 0 aromatic heterocycles. The van der Waals surface area contributed by atoms with Crippen LogP contribution in [0.5, 0.6) is 5.75 Å². The molecule has 0 saturated carbocycles. The molecule has 6 heteroatoms. The van der Waals surface area contributed by atoms with E-state index in [0.717, 1.165) is 5.56 Å². The van der Waals surface area contributed by atoms with Gasteiger partial charge in [-0.2, -0.15) is 0 Å².